The molecule has 1 aromatic heterocycles. The summed E-state index contributed by atoms with van der Waals surface area (Å²) in [5, 5.41) is -0.107. The molecular weight excluding hydrogens is 259 g/mol. The summed E-state index contributed by atoms with van der Waals surface area (Å²) in [4.78, 5) is 13.8. The lowest BCUT2D eigenvalue weighted by molar-refractivity contribution is 0.104. The first-order chi connectivity index (χ1) is 8.13. The van der Waals surface area contributed by atoms with Gasteiger partial charge in [-0.2, -0.15) is 0 Å². The minimum atomic E-state index is -0.565. The maximum Gasteiger partial charge on any atom is 0.204 e. The third-order valence-electron chi connectivity index (χ3n) is 2.43. The molecule has 4 heteroatoms. The Bertz CT molecular complexity index is 562. The predicted octanol–water partition coefficient (Wildman–Crippen LogP) is 4.33. The van der Waals surface area contributed by atoms with Gasteiger partial charge in [-0.15, -0.1) is 11.3 Å². The van der Waals surface area contributed by atoms with Crippen LogP contribution in [0.1, 0.15) is 27.0 Å². The van der Waals surface area contributed by atoms with E-state index in [1.165, 1.54) is 23.5 Å². The van der Waals surface area contributed by atoms with Gasteiger partial charge in [-0.05, 0) is 30.7 Å². The Morgan fingerprint density at radius 2 is 2.12 bits per heavy atom. The topological polar surface area (TPSA) is 17.1 Å². The van der Waals surface area contributed by atoms with E-state index in [0.717, 1.165) is 11.3 Å². The quantitative estimate of drug-likeness (QED) is 0.757. The minimum Gasteiger partial charge on any atom is -0.288 e. The molecule has 1 nitrogen and oxygen atoms in total. The first-order valence-corrected chi connectivity index (χ1v) is 6.40. The average molecular weight is 269 g/mol. The van der Waals surface area contributed by atoms with Crippen LogP contribution in [0.4, 0.5) is 4.39 Å². The second-order valence-electron chi connectivity index (χ2n) is 3.55. The standard InChI is InChI=1S/C13H10ClFOS/c1-2-8-6-7-11(17-8)13(16)9-4-3-5-10(15)12(9)14/h3-7H,2H2,1H3. The maximum atomic E-state index is 13.2. The molecule has 88 valence electrons. The van der Waals surface area contributed by atoms with Crippen molar-refractivity contribution in [1.29, 1.82) is 0 Å². The van der Waals surface area contributed by atoms with Crippen LogP contribution >= 0.6 is 22.9 Å². The maximum absolute atomic E-state index is 13.2. The molecule has 0 atom stereocenters. The van der Waals surface area contributed by atoms with Crippen LogP contribution < -0.4 is 0 Å². The van der Waals surface area contributed by atoms with Gasteiger partial charge in [0.1, 0.15) is 5.82 Å². The average Bonchev–Trinajstić information content (AvgIpc) is 2.80. The van der Waals surface area contributed by atoms with Crippen LogP contribution in [-0.4, -0.2) is 5.78 Å². The monoisotopic (exact) mass is 268 g/mol. The number of benzene rings is 1. The third kappa shape index (κ3) is 2.40. The highest BCUT2D eigenvalue weighted by atomic mass is 35.5. The summed E-state index contributed by atoms with van der Waals surface area (Å²) in [6.07, 6.45) is 0.884. The molecule has 0 unspecified atom stereocenters. The number of ketones is 1. The third-order valence-corrected chi connectivity index (χ3v) is 4.04. The Morgan fingerprint density at radius 1 is 1.35 bits per heavy atom. The number of hydrogen-bond donors (Lipinski definition) is 0. The molecule has 0 saturated heterocycles. The zero-order chi connectivity index (χ0) is 12.4. The molecule has 1 aromatic carbocycles. The number of hydrogen-bond acceptors (Lipinski definition) is 2. The van der Waals surface area contributed by atoms with Crippen molar-refractivity contribution in [3.05, 3.63) is 56.5 Å². The number of aryl methyl sites for hydroxylation is 1. The molecule has 0 aliphatic heterocycles. The Labute approximate surface area is 108 Å². The lowest BCUT2D eigenvalue weighted by atomic mass is 10.1. The molecular formula is C13H10ClFOS. The molecule has 0 amide bonds. The fraction of sp³-hybridized carbons (Fsp3) is 0.154. The Morgan fingerprint density at radius 3 is 2.76 bits per heavy atom. The number of carbonyl (C=O) groups is 1. The van der Waals surface area contributed by atoms with Gasteiger partial charge < -0.3 is 0 Å². The van der Waals surface area contributed by atoms with Crippen LogP contribution in [-0.2, 0) is 6.42 Å². The molecule has 0 bridgehead atoms. The van der Waals surface area contributed by atoms with Crippen molar-refractivity contribution >= 4 is 28.7 Å². The van der Waals surface area contributed by atoms with E-state index in [1.807, 2.05) is 13.0 Å². The lowest BCUT2D eigenvalue weighted by Crippen LogP contribution is -2.00. The first kappa shape index (κ1) is 12.3. The summed E-state index contributed by atoms with van der Waals surface area (Å²) in [7, 11) is 0. The van der Waals surface area contributed by atoms with Crippen LogP contribution in [0.2, 0.25) is 5.02 Å². The van der Waals surface area contributed by atoms with Gasteiger partial charge in [0.2, 0.25) is 5.78 Å². The van der Waals surface area contributed by atoms with Gasteiger partial charge in [0.05, 0.1) is 9.90 Å². The fourth-order valence-corrected chi connectivity index (χ4v) is 2.62. The van der Waals surface area contributed by atoms with E-state index in [-0.39, 0.29) is 16.4 Å². The molecule has 0 fully saturated rings. The van der Waals surface area contributed by atoms with Crippen LogP contribution in [0.3, 0.4) is 0 Å². The van der Waals surface area contributed by atoms with E-state index in [0.29, 0.717) is 4.88 Å². The normalized spacial score (nSPS) is 10.5. The van der Waals surface area contributed by atoms with Gasteiger partial charge in [0.25, 0.3) is 0 Å². The number of halogens is 2. The van der Waals surface area contributed by atoms with Crippen molar-refractivity contribution in [2.75, 3.05) is 0 Å². The van der Waals surface area contributed by atoms with E-state index in [9.17, 15) is 9.18 Å². The molecule has 0 N–H and O–H groups in total. The van der Waals surface area contributed by atoms with Gasteiger partial charge >= 0.3 is 0 Å². The highest BCUT2D eigenvalue weighted by molar-refractivity contribution is 7.14. The van der Waals surface area contributed by atoms with Crippen molar-refractivity contribution in [1.82, 2.24) is 0 Å². The van der Waals surface area contributed by atoms with Crippen LogP contribution in [0.25, 0.3) is 0 Å². The molecule has 1 heterocycles. The molecule has 0 radical (unpaired) electrons. The molecule has 2 aromatic rings. The van der Waals surface area contributed by atoms with Crippen LogP contribution in [0.5, 0.6) is 0 Å². The molecule has 0 saturated carbocycles. The van der Waals surface area contributed by atoms with Gasteiger partial charge in [-0.3, -0.25) is 4.79 Å². The minimum absolute atomic E-state index is 0.107. The summed E-state index contributed by atoms with van der Waals surface area (Å²) in [6.45, 7) is 2.02. The van der Waals surface area contributed by atoms with E-state index < -0.39 is 5.82 Å². The second-order valence-corrected chi connectivity index (χ2v) is 5.10. The van der Waals surface area contributed by atoms with Crippen molar-refractivity contribution in [3.63, 3.8) is 0 Å². The predicted molar refractivity (Wildman–Crippen MR) is 68.5 cm³/mol. The summed E-state index contributed by atoms with van der Waals surface area (Å²) < 4.78 is 13.2. The molecule has 2 rings (SSSR count). The van der Waals surface area contributed by atoms with Crippen LogP contribution in [0, 0.1) is 5.82 Å². The smallest absolute Gasteiger partial charge is 0.204 e. The summed E-state index contributed by atoms with van der Waals surface area (Å²) in [6, 6.07) is 7.94. The number of thiophene rings is 1. The molecule has 0 aliphatic rings. The highest BCUT2D eigenvalue weighted by Gasteiger charge is 2.16. The zero-order valence-corrected chi connectivity index (χ0v) is 10.7. The fourth-order valence-electron chi connectivity index (χ4n) is 1.50. The number of carbonyl (C=O) groups excluding carboxylic acids is 1. The SMILES string of the molecule is CCc1ccc(C(=O)c2cccc(F)c2Cl)s1. The van der Waals surface area contributed by atoms with Crippen molar-refractivity contribution in [3.8, 4) is 0 Å². The second kappa shape index (κ2) is 4.98. The van der Waals surface area contributed by atoms with Crippen molar-refractivity contribution < 1.29 is 9.18 Å². The van der Waals surface area contributed by atoms with E-state index >= 15 is 0 Å². The zero-order valence-electron chi connectivity index (χ0n) is 9.17. The number of rotatable bonds is 3. The molecule has 17 heavy (non-hydrogen) atoms. The van der Waals surface area contributed by atoms with Gasteiger partial charge in [-0.1, -0.05) is 24.6 Å². The van der Waals surface area contributed by atoms with Gasteiger partial charge in [-0.25, -0.2) is 4.39 Å². The Hall–Kier alpha value is -1.19. The van der Waals surface area contributed by atoms with E-state index in [4.69, 9.17) is 11.6 Å². The van der Waals surface area contributed by atoms with Crippen molar-refractivity contribution in [2.24, 2.45) is 0 Å². The van der Waals surface area contributed by atoms with E-state index in [2.05, 4.69) is 0 Å². The Kier molecular flexibility index (Phi) is 3.60. The van der Waals surface area contributed by atoms with Crippen molar-refractivity contribution in [2.45, 2.75) is 13.3 Å². The Balaban J connectivity index is 2.40. The largest absolute Gasteiger partial charge is 0.288 e. The summed E-state index contributed by atoms with van der Waals surface area (Å²) in [5.41, 5.74) is 0.219. The summed E-state index contributed by atoms with van der Waals surface area (Å²) >= 11 is 7.21. The highest BCUT2D eigenvalue weighted by Crippen LogP contribution is 2.26. The lowest BCUT2D eigenvalue weighted by Gasteiger charge is -2.01. The summed E-state index contributed by atoms with van der Waals surface area (Å²) in [5.74, 6) is -0.788. The van der Waals surface area contributed by atoms with Gasteiger partial charge in [0.15, 0.2) is 0 Å². The molecule has 0 aliphatic carbocycles. The van der Waals surface area contributed by atoms with Gasteiger partial charge in [0, 0.05) is 10.4 Å². The van der Waals surface area contributed by atoms with E-state index in [1.54, 1.807) is 12.1 Å². The first-order valence-electron chi connectivity index (χ1n) is 5.21. The van der Waals surface area contributed by atoms with Crippen LogP contribution in [0.15, 0.2) is 30.3 Å². The molecule has 0 spiro atoms.